The molecule has 0 spiro atoms. The van der Waals surface area contributed by atoms with Crippen LogP contribution in [0.15, 0.2) is 91.2 Å². The van der Waals surface area contributed by atoms with Crippen molar-refractivity contribution in [1.29, 1.82) is 0 Å². The minimum absolute atomic E-state index is 0.584. The molecule has 0 bridgehead atoms. The summed E-state index contributed by atoms with van der Waals surface area (Å²) in [6.07, 6.45) is 7.91. The molecule has 150 valence electrons. The molecule has 2 unspecified atom stereocenters. The number of fused-ring (bicyclic) bond motifs is 3. The maximum absolute atomic E-state index is 5.91. The van der Waals surface area contributed by atoms with Crippen molar-refractivity contribution in [3.8, 4) is 5.75 Å². The average Bonchev–Trinajstić information content (AvgIpc) is 3.35. The van der Waals surface area contributed by atoms with Crippen LogP contribution in [0.5, 0.6) is 5.75 Å². The van der Waals surface area contributed by atoms with E-state index in [1.165, 1.54) is 41.8 Å². The molecule has 1 saturated carbocycles. The number of benzene rings is 3. The van der Waals surface area contributed by atoms with Gasteiger partial charge in [0.25, 0.3) is 0 Å². The molecule has 0 radical (unpaired) electrons. The van der Waals surface area contributed by atoms with Gasteiger partial charge in [0, 0.05) is 23.3 Å². The van der Waals surface area contributed by atoms with Crippen LogP contribution in [-0.4, -0.2) is 6.04 Å². The third-order valence-corrected chi connectivity index (χ3v) is 6.35. The summed E-state index contributed by atoms with van der Waals surface area (Å²) in [5, 5.41) is 0. The molecule has 30 heavy (non-hydrogen) atoms. The van der Waals surface area contributed by atoms with Gasteiger partial charge in [-0.3, -0.25) is 0 Å². The third kappa shape index (κ3) is 3.43. The van der Waals surface area contributed by atoms with E-state index in [0.29, 0.717) is 17.7 Å². The molecule has 2 atom stereocenters. The average molecular weight is 394 g/mol. The van der Waals surface area contributed by atoms with Crippen LogP contribution < -0.4 is 9.64 Å². The highest BCUT2D eigenvalue weighted by atomic mass is 16.5. The summed E-state index contributed by atoms with van der Waals surface area (Å²) >= 11 is 0. The summed E-state index contributed by atoms with van der Waals surface area (Å²) in [5.41, 5.74) is 6.45. The molecule has 1 heterocycles. The Balaban J connectivity index is 1.39. The SMILES string of the molecule is C=C(/C=C/c1ccc2c(c1)C1CCCC1N2c1ccccc1)Oc1ccccc1C. The first-order valence-corrected chi connectivity index (χ1v) is 10.8. The fourth-order valence-electron chi connectivity index (χ4n) is 4.94. The van der Waals surface area contributed by atoms with Crippen molar-refractivity contribution in [2.45, 2.75) is 38.1 Å². The van der Waals surface area contributed by atoms with E-state index in [0.717, 1.165) is 11.3 Å². The number of aryl methyl sites for hydroxylation is 1. The molecule has 2 nitrogen and oxygen atoms in total. The molecule has 3 aromatic rings. The zero-order chi connectivity index (χ0) is 20.5. The molecule has 1 aliphatic carbocycles. The van der Waals surface area contributed by atoms with E-state index in [1.54, 1.807) is 0 Å². The minimum Gasteiger partial charge on any atom is -0.458 e. The van der Waals surface area contributed by atoms with Crippen molar-refractivity contribution in [3.05, 3.63) is 108 Å². The monoisotopic (exact) mass is 393 g/mol. The fraction of sp³-hybridized carbons (Fsp3) is 0.214. The normalized spacial score (nSPS) is 19.7. The van der Waals surface area contributed by atoms with Gasteiger partial charge in [-0.1, -0.05) is 61.5 Å². The van der Waals surface area contributed by atoms with Crippen LogP contribution in [-0.2, 0) is 0 Å². The molecule has 5 rings (SSSR count). The van der Waals surface area contributed by atoms with Gasteiger partial charge in [0.15, 0.2) is 0 Å². The van der Waals surface area contributed by atoms with Gasteiger partial charge >= 0.3 is 0 Å². The zero-order valence-corrected chi connectivity index (χ0v) is 17.4. The molecule has 3 aromatic carbocycles. The van der Waals surface area contributed by atoms with Gasteiger partial charge in [0.2, 0.25) is 0 Å². The van der Waals surface area contributed by atoms with E-state index < -0.39 is 0 Å². The topological polar surface area (TPSA) is 12.5 Å². The Morgan fingerprint density at radius 2 is 1.80 bits per heavy atom. The van der Waals surface area contributed by atoms with E-state index in [9.17, 15) is 0 Å². The lowest BCUT2D eigenvalue weighted by Gasteiger charge is -2.27. The second kappa shape index (κ2) is 7.87. The minimum atomic E-state index is 0.584. The van der Waals surface area contributed by atoms with Crippen molar-refractivity contribution >= 4 is 17.5 Å². The number of nitrogens with zero attached hydrogens (tertiary/aromatic N) is 1. The highest BCUT2D eigenvalue weighted by Gasteiger charge is 2.41. The number of anilines is 2. The van der Waals surface area contributed by atoms with Gasteiger partial charge in [-0.25, -0.2) is 0 Å². The third-order valence-electron chi connectivity index (χ3n) is 6.35. The van der Waals surface area contributed by atoms with Crippen LogP contribution in [0.3, 0.4) is 0 Å². The molecule has 0 saturated heterocycles. The summed E-state index contributed by atoms with van der Waals surface area (Å²) in [6.45, 7) is 6.11. The number of hydrogen-bond acceptors (Lipinski definition) is 2. The largest absolute Gasteiger partial charge is 0.458 e. The predicted molar refractivity (Wildman–Crippen MR) is 125 cm³/mol. The lowest BCUT2D eigenvalue weighted by Crippen LogP contribution is -2.26. The highest BCUT2D eigenvalue weighted by molar-refractivity contribution is 5.75. The van der Waals surface area contributed by atoms with Crippen LogP contribution in [0.25, 0.3) is 6.08 Å². The molecule has 1 fully saturated rings. The van der Waals surface area contributed by atoms with Crippen molar-refractivity contribution in [2.24, 2.45) is 0 Å². The Labute approximate surface area is 179 Å². The maximum Gasteiger partial charge on any atom is 0.130 e. The van der Waals surface area contributed by atoms with Crippen LogP contribution in [0, 0.1) is 6.92 Å². The molecule has 2 aliphatic rings. The molecular weight excluding hydrogens is 366 g/mol. The van der Waals surface area contributed by atoms with E-state index in [2.05, 4.69) is 66.1 Å². The highest BCUT2D eigenvalue weighted by Crippen LogP contribution is 2.52. The summed E-state index contributed by atoms with van der Waals surface area (Å²) in [7, 11) is 0. The van der Waals surface area contributed by atoms with Crippen molar-refractivity contribution in [2.75, 3.05) is 4.90 Å². The van der Waals surface area contributed by atoms with Gasteiger partial charge in [-0.2, -0.15) is 0 Å². The fourth-order valence-corrected chi connectivity index (χ4v) is 4.94. The number of para-hydroxylation sites is 2. The van der Waals surface area contributed by atoms with Gasteiger partial charge in [0.05, 0.1) is 0 Å². The van der Waals surface area contributed by atoms with E-state index in [1.807, 2.05) is 37.3 Å². The predicted octanol–water partition coefficient (Wildman–Crippen LogP) is 7.39. The lowest BCUT2D eigenvalue weighted by atomic mass is 9.96. The second-order valence-electron chi connectivity index (χ2n) is 8.30. The Hall–Kier alpha value is -3.26. The standard InChI is InChI=1S/C28H27NO/c1-20-9-6-7-14-28(20)30-21(2)15-16-22-17-18-27-25(19-22)24-12-8-13-26(24)29(27)23-10-4-3-5-11-23/h3-7,9-11,14-19,24,26H,2,8,12-13H2,1H3/b16-15+. The lowest BCUT2D eigenvalue weighted by molar-refractivity contribution is 0.444. The van der Waals surface area contributed by atoms with E-state index >= 15 is 0 Å². The Morgan fingerprint density at radius 1 is 1.00 bits per heavy atom. The first kappa shape index (κ1) is 18.7. The molecule has 1 aliphatic heterocycles. The van der Waals surface area contributed by atoms with E-state index in [-0.39, 0.29) is 0 Å². The summed E-state index contributed by atoms with van der Waals surface area (Å²) in [5.74, 6) is 2.13. The first-order chi connectivity index (χ1) is 14.7. The van der Waals surface area contributed by atoms with E-state index in [4.69, 9.17) is 4.74 Å². The number of allylic oxidation sites excluding steroid dienone is 1. The Kier molecular flexibility index (Phi) is 4.92. The van der Waals surface area contributed by atoms with Crippen molar-refractivity contribution in [1.82, 2.24) is 0 Å². The van der Waals surface area contributed by atoms with Crippen LogP contribution in [0.4, 0.5) is 11.4 Å². The molecule has 0 amide bonds. The summed E-state index contributed by atoms with van der Waals surface area (Å²) in [4.78, 5) is 2.56. The van der Waals surface area contributed by atoms with Crippen LogP contribution in [0.2, 0.25) is 0 Å². The van der Waals surface area contributed by atoms with Crippen molar-refractivity contribution in [3.63, 3.8) is 0 Å². The summed E-state index contributed by atoms with van der Waals surface area (Å²) in [6, 6.07) is 26.3. The Morgan fingerprint density at radius 3 is 2.63 bits per heavy atom. The molecular formula is C28H27NO. The van der Waals surface area contributed by atoms with Gasteiger partial charge < -0.3 is 9.64 Å². The van der Waals surface area contributed by atoms with Gasteiger partial charge in [-0.05, 0) is 72.9 Å². The molecule has 2 heteroatoms. The molecule has 0 N–H and O–H groups in total. The number of ether oxygens (including phenoxy) is 1. The first-order valence-electron chi connectivity index (χ1n) is 10.8. The maximum atomic E-state index is 5.91. The van der Waals surface area contributed by atoms with Crippen molar-refractivity contribution < 1.29 is 4.74 Å². The smallest absolute Gasteiger partial charge is 0.130 e. The number of rotatable bonds is 5. The van der Waals surface area contributed by atoms with Gasteiger partial charge in [-0.15, -0.1) is 0 Å². The number of hydrogen-bond donors (Lipinski definition) is 0. The second-order valence-corrected chi connectivity index (χ2v) is 8.30. The zero-order valence-electron chi connectivity index (χ0n) is 17.4. The van der Waals surface area contributed by atoms with Gasteiger partial charge in [0.1, 0.15) is 11.5 Å². The molecule has 0 aromatic heterocycles. The van der Waals surface area contributed by atoms with Crippen LogP contribution >= 0.6 is 0 Å². The quantitative estimate of drug-likeness (QED) is 0.331. The summed E-state index contributed by atoms with van der Waals surface area (Å²) < 4.78 is 5.91. The van der Waals surface area contributed by atoms with Crippen LogP contribution in [0.1, 0.15) is 41.9 Å². The Bertz CT molecular complexity index is 1100.